The maximum Gasteiger partial charge on any atom is 0.410 e. The van der Waals surface area contributed by atoms with Crippen molar-refractivity contribution in [1.82, 2.24) is 20.1 Å². The van der Waals surface area contributed by atoms with Gasteiger partial charge in [0.2, 0.25) is 11.8 Å². The Labute approximate surface area is 344 Å². The van der Waals surface area contributed by atoms with E-state index in [2.05, 4.69) is 16.9 Å². The van der Waals surface area contributed by atoms with E-state index in [0.29, 0.717) is 18.4 Å². The summed E-state index contributed by atoms with van der Waals surface area (Å²) in [5.41, 5.74) is 2.83. The quantitative estimate of drug-likeness (QED) is 0.0670. The lowest BCUT2D eigenvalue weighted by molar-refractivity contribution is -0.143. The fourth-order valence-corrected chi connectivity index (χ4v) is 6.66. The van der Waals surface area contributed by atoms with E-state index in [1.165, 1.54) is 47.3 Å². The number of pyridine rings is 1. The van der Waals surface area contributed by atoms with Crippen molar-refractivity contribution in [3.8, 4) is 5.75 Å². The Hall–Kier alpha value is -6.56. The van der Waals surface area contributed by atoms with Crippen molar-refractivity contribution in [3.63, 3.8) is 0 Å². The Kier molecular flexibility index (Phi) is 15.7. The van der Waals surface area contributed by atoms with E-state index >= 15 is 0 Å². The van der Waals surface area contributed by atoms with Gasteiger partial charge in [0, 0.05) is 25.9 Å². The number of esters is 1. The number of carbonyl (C=O) groups excluding carboxylic acids is 4. The Morgan fingerprint density at radius 2 is 1.41 bits per heavy atom. The molecule has 5 aromatic rings. The van der Waals surface area contributed by atoms with E-state index in [4.69, 9.17) is 14.2 Å². The predicted molar refractivity (Wildman–Crippen MR) is 224 cm³/mol. The lowest BCUT2D eigenvalue weighted by atomic mass is 9.98. The molecule has 0 radical (unpaired) electrons. The monoisotopic (exact) mass is 802 g/mol. The van der Waals surface area contributed by atoms with Crippen LogP contribution in [0, 0.1) is 11.7 Å². The first-order valence-electron chi connectivity index (χ1n) is 19.5. The Morgan fingerprint density at radius 1 is 0.797 bits per heavy atom. The number of rotatable bonds is 19. The summed E-state index contributed by atoms with van der Waals surface area (Å²) in [7, 11) is 3.06. The number of carbonyl (C=O) groups is 4. The lowest BCUT2D eigenvalue weighted by Gasteiger charge is -2.35. The summed E-state index contributed by atoms with van der Waals surface area (Å²) in [6.07, 6.45) is 2.96. The van der Waals surface area contributed by atoms with Crippen LogP contribution in [0.2, 0.25) is 0 Å². The van der Waals surface area contributed by atoms with Crippen molar-refractivity contribution >= 4 is 34.8 Å². The summed E-state index contributed by atoms with van der Waals surface area (Å²) in [6, 6.07) is 29.3. The van der Waals surface area contributed by atoms with E-state index < -0.39 is 47.8 Å². The molecule has 0 saturated heterocycles. The average Bonchev–Trinajstić information content (AvgIpc) is 3.24. The number of halogens is 1. The zero-order valence-corrected chi connectivity index (χ0v) is 33.9. The second kappa shape index (κ2) is 21.3. The fraction of sp³-hybridized carbons (Fsp3) is 0.298. The van der Waals surface area contributed by atoms with Crippen LogP contribution in [-0.2, 0) is 38.5 Å². The molecule has 0 fully saturated rings. The molecular formula is C47H51FN4O7. The normalized spacial score (nSPS) is 12.5. The molecule has 0 aliphatic carbocycles. The molecule has 308 valence electrons. The zero-order chi connectivity index (χ0) is 42.3. The van der Waals surface area contributed by atoms with Crippen LogP contribution >= 0.6 is 0 Å². The highest BCUT2D eigenvalue weighted by Gasteiger charge is 2.36. The largest absolute Gasteiger partial charge is 0.489 e. The second-order valence-corrected chi connectivity index (χ2v) is 14.7. The first-order chi connectivity index (χ1) is 28.4. The zero-order valence-electron chi connectivity index (χ0n) is 33.9. The highest BCUT2D eigenvalue weighted by molar-refractivity contribution is 6.05. The first kappa shape index (κ1) is 43.6. The number of amides is 3. The number of fused-ring (bicyclic) bond motifs is 1. The van der Waals surface area contributed by atoms with Crippen molar-refractivity contribution in [2.75, 3.05) is 27.3 Å². The van der Waals surface area contributed by atoms with Gasteiger partial charge in [-0.1, -0.05) is 117 Å². The SMILES string of the molecule is C=CCOC(=O)N(C)C(CC(C)C)C(=O)N(C)C(Cc1ccccc1)C(=O)NC(COc1cnc2ccc(F)cc2c1C(=O)OCc1ccccc1)Cc1ccccc1. The van der Waals surface area contributed by atoms with Crippen LogP contribution in [-0.4, -0.2) is 84.1 Å². The molecule has 5 rings (SSSR count). The molecule has 11 nitrogen and oxygen atoms in total. The molecule has 1 heterocycles. The standard InChI is InChI=1S/C47H51FN4O7/c1-6-24-57-47(56)52(5)41(25-32(2)3)45(54)51(4)40(27-34-18-12-8-13-19-34)44(53)50-37(26-33-16-10-7-11-17-33)31-58-42-29-49-39-23-22-36(48)28-38(39)43(42)46(55)59-30-35-20-14-9-15-21-35/h6-23,28-29,32,37,40-41H,1,24-27,30-31H2,2-5H3,(H,50,53). The van der Waals surface area contributed by atoms with Gasteiger partial charge in [0.05, 0.1) is 17.8 Å². The number of nitrogens with zero attached hydrogens (tertiary/aromatic N) is 3. The Morgan fingerprint density at radius 3 is 2.02 bits per heavy atom. The third kappa shape index (κ3) is 12.2. The summed E-state index contributed by atoms with van der Waals surface area (Å²) in [5.74, 6) is -2.12. The third-order valence-electron chi connectivity index (χ3n) is 9.77. The minimum atomic E-state index is -1.01. The van der Waals surface area contributed by atoms with Crippen LogP contribution in [0.5, 0.6) is 5.75 Å². The van der Waals surface area contributed by atoms with Crippen LogP contribution in [0.4, 0.5) is 9.18 Å². The summed E-state index contributed by atoms with van der Waals surface area (Å²) >= 11 is 0. The van der Waals surface area contributed by atoms with E-state index in [-0.39, 0.29) is 48.9 Å². The summed E-state index contributed by atoms with van der Waals surface area (Å²) in [5, 5.41) is 3.33. The summed E-state index contributed by atoms with van der Waals surface area (Å²) in [6.45, 7) is 7.31. The van der Waals surface area contributed by atoms with Gasteiger partial charge in [0.25, 0.3) is 0 Å². The molecule has 0 spiro atoms. The number of hydrogen-bond acceptors (Lipinski definition) is 8. The van der Waals surface area contributed by atoms with Gasteiger partial charge in [-0.15, -0.1) is 0 Å². The van der Waals surface area contributed by atoms with E-state index in [1.54, 1.807) is 7.05 Å². The Balaban J connectivity index is 1.45. The minimum absolute atomic E-state index is 0.00515. The Bertz CT molecular complexity index is 2190. The highest BCUT2D eigenvalue weighted by Crippen LogP contribution is 2.29. The molecule has 3 atom stereocenters. The van der Waals surface area contributed by atoms with Gasteiger partial charge in [-0.3, -0.25) is 19.5 Å². The molecule has 3 amide bonds. The van der Waals surface area contributed by atoms with Gasteiger partial charge in [-0.25, -0.2) is 14.0 Å². The number of hydrogen-bond donors (Lipinski definition) is 1. The molecule has 0 aliphatic heterocycles. The third-order valence-corrected chi connectivity index (χ3v) is 9.77. The van der Waals surface area contributed by atoms with Gasteiger partial charge < -0.3 is 24.4 Å². The number of benzene rings is 4. The molecule has 1 N–H and O–H groups in total. The maximum absolute atomic E-state index is 14.6. The number of aromatic nitrogens is 1. The van der Waals surface area contributed by atoms with Crippen LogP contribution < -0.4 is 10.1 Å². The highest BCUT2D eigenvalue weighted by atomic mass is 19.1. The van der Waals surface area contributed by atoms with Gasteiger partial charge in [-0.2, -0.15) is 0 Å². The van der Waals surface area contributed by atoms with Gasteiger partial charge in [-0.05, 0) is 53.6 Å². The minimum Gasteiger partial charge on any atom is -0.489 e. The topological polar surface area (TPSA) is 127 Å². The van der Waals surface area contributed by atoms with Crippen molar-refractivity contribution < 1.29 is 37.8 Å². The van der Waals surface area contributed by atoms with Crippen molar-refractivity contribution in [2.45, 2.75) is 57.8 Å². The van der Waals surface area contributed by atoms with Crippen LogP contribution in [0.1, 0.15) is 47.3 Å². The maximum atomic E-state index is 14.6. The van der Waals surface area contributed by atoms with Crippen molar-refractivity contribution in [3.05, 3.63) is 156 Å². The molecular weight excluding hydrogens is 752 g/mol. The van der Waals surface area contributed by atoms with Gasteiger partial charge >= 0.3 is 12.1 Å². The molecule has 0 bridgehead atoms. The van der Waals surface area contributed by atoms with Crippen LogP contribution in [0.15, 0.2) is 128 Å². The second-order valence-electron chi connectivity index (χ2n) is 14.7. The van der Waals surface area contributed by atoms with Gasteiger partial charge in [0.15, 0.2) is 5.75 Å². The fourth-order valence-electron chi connectivity index (χ4n) is 6.66. The van der Waals surface area contributed by atoms with Crippen LogP contribution in [0.25, 0.3) is 10.9 Å². The van der Waals surface area contributed by atoms with E-state index in [1.807, 2.05) is 105 Å². The average molecular weight is 803 g/mol. The van der Waals surface area contributed by atoms with Crippen molar-refractivity contribution in [1.29, 1.82) is 0 Å². The summed E-state index contributed by atoms with van der Waals surface area (Å²) < 4.78 is 31.9. The summed E-state index contributed by atoms with van der Waals surface area (Å²) in [4.78, 5) is 62.7. The lowest BCUT2D eigenvalue weighted by Crippen LogP contribution is -2.57. The molecule has 3 unspecified atom stereocenters. The molecule has 1 aromatic heterocycles. The molecule has 12 heteroatoms. The van der Waals surface area contributed by atoms with E-state index in [9.17, 15) is 23.6 Å². The molecule has 0 saturated carbocycles. The predicted octanol–water partition coefficient (Wildman–Crippen LogP) is 7.58. The smallest absolute Gasteiger partial charge is 0.410 e. The molecule has 4 aromatic carbocycles. The first-order valence-corrected chi connectivity index (χ1v) is 19.5. The van der Waals surface area contributed by atoms with E-state index in [0.717, 1.165) is 16.7 Å². The number of likely N-dealkylation sites (N-methyl/N-ethyl adjacent to an activating group) is 2. The van der Waals surface area contributed by atoms with Gasteiger partial charge in [0.1, 0.15) is 43.3 Å². The number of nitrogens with one attached hydrogen (secondary N) is 1. The van der Waals surface area contributed by atoms with Crippen LogP contribution in [0.3, 0.4) is 0 Å². The molecule has 59 heavy (non-hydrogen) atoms. The number of ether oxygens (including phenoxy) is 3. The molecule has 0 aliphatic rings. The van der Waals surface area contributed by atoms with Crippen molar-refractivity contribution in [2.24, 2.45) is 5.92 Å².